The van der Waals surface area contributed by atoms with Crippen LogP contribution in [0.1, 0.15) is 11.1 Å². The van der Waals surface area contributed by atoms with Crippen LogP contribution in [-0.4, -0.2) is 4.98 Å². The number of aromatic nitrogens is 1. The van der Waals surface area contributed by atoms with E-state index in [0.717, 1.165) is 11.3 Å². The lowest BCUT2D eigenvalue weighted by atomic mass is 10.1. The minimum atomic E-state index is -0.293. The van der Waals surface area contributed by atoms with Gasteiger partial charge in [0.05, 0.1) is 11.9 Å². The molecule has 0 spiro atoms. The van der Waals surface area contributed by atoms with Gasteiger partial charge in [0.1, 0.15) is 0 Å². The maximum atomic E-state index is 13.6. The Bertz CT molecular complexity index is 568. The Morgan fingerprint density at radius 1 is 1.24 bits per heavy atom. The van der Waals surface area contributed by atoms with Gasteiger partial charge in [-0.1, -0.05) is 12.1 Å². The molecule has 3 rings (SSSR count). The molecular weight excluding hydrogens is 217 g/mol. The molecule has 0 fully saturated rings. The Balaban J connectivity index is 1.97. The fraction of sp³-hybridized carbons (Fsp3) is 0.154. The monoisotopic (exact) mass is 229 g/mol. The van der Waals surface area contributed by atoms with Gasteiger partial charge in [-0.2, -0.15) is 0 Å². The molecule has 0 radical (unpaired) electrons. The Labute approximate surface area is 98.7 Å². The highest BCUT2D eigenvalue weighted by Gasteiger charge is 2.22. The van der Waals surface area contributed by atoms with Crippen molar-refractivity contribution in [1.29, 1.82) is 0 Å². The maximum Gasteiger partial charge on any atom is 0.164 e. The molecule has 17 heavy (non-hydrogen) atoms. The molecule has 0 saturated carbocycles. The minimum Gasteiger partial charge on any atom is -0.398 e. The van der Waals surface area contributed by atoms with Crippen LogP contribution in [0, 0.1) is 5.82 Å². The van der Waals surface area contributed by atoms with Crippen LogP contribution in [0.15, 0.2) is 36.7 Å². The Hall–Kier alpha value is -2.10. The van der Waals surface area contributed by atoms with Gasteiger partial charge in [-0.25, -0.2) is 4.39 Å². The summed E-state index contributed by atoms with van der Waals surface area (Å²) >= 11 is 0. The standard InChI is InChI=1S/C13H12FN3/c14-11-6-16-5-4-13(11)17-7-9-2-1-3-12(15)10(9)8-17/h1-6H,7-8,15H2. The lowest BCUT2D eigenvalue weighted by Crippen LogP contribution is -2.16. The van der Waals surface area contributed by atoms with Crippen LogP contribution < -0.4 is 10.6 Å². The summed E-state index contributed by atoms with van der Waals surface area (Å²) in [6, 6.07) is 7.54. The normalized spacial score (nSPS) is 13.8. The van der Waals surface area contributed by atoms with E-state index in [2.05, 4.69) is 4.98 Å². The van der Waals surface area contributed by atoms with Gasteiger partial charge >= 0.3 is 0 Å². The predicted molar refractivity (Wildman–Crippen MR) is 64.9 cm³/mol. The highest BCUT2D eigenvalue weighted by Crippen LogP contribution is 2.32. The zero-order valence-corrected chi connectivity index (χ0v) is 9.23. The highest BCUT2D eigenvalue weighted by molar-refractivity contribution is 5.59. The number of hydrogen-bond acceptors (Lipinski definition) is 3. The number of fused-ring (bicyclic) bond motifs is 1. The molecule has 1 aliphatic heterocycles. The summed E-state index contributed by atoms with van der Waals surface area (Å²) in [5.74, 6) is -0.293. The first-order chi connectivity index (χ1) is 8.25. The third-order valence-corrected chi connectivity index (χ3v) is 3.11. The van der Waals surface area contributed by atoms with Gasteiger partial charge in [0, 0.05) is 25.0 Å². The molecule has 0 unspecified atom stereocenters. The molecule has 2 N–H and O–H groups in total. The van der Waals surface area contributed by atoms with Crippen LogP contribution in [0.4, 0.5) is 15.8 Å². The first-order valence-corrected chi connectivity index (χ1v) is 5.46. The van der Waals surface area contributed by atoms with E-state index < -0.39 is 0 Å². The predicted octanol–water partition coefficient (Wildman–Crippen LogP) is 2.32. The van der Waals surface area contributed by atoms with Crippen molar-refractivity contribution in [3.63, 3.8) is 0 Å². The first-order valence-electron chi connectivity index (χ1n) is 5.46. The Morgan fingerprint density at radius 3 is 2.88 bits per heavy atom. The average molecular weight is 229 g/mol. The molecule has 1 aromatic carbocycles. The van der Waals surface area contributed by atoms with Crippen LogP contribution in [0.5, 0.6) is 0 Å². The summed E-state index contributed by atoms with van der Waals surface area (Å²) in [6.07, 6.45) is 2.84. The largest absolute Gasteiger partial charge is 0.398 e. The SMILES string of the molecule is Nc1cccc2c1CN(c1ccncc1F)C2. The third kappa shape index (κ3) is 1.62. The zero-order valence-electron chi connectivity index (χ0n) is 9.23. The number of pyridine rings is 1. The fourth-order valence-corrected chi connectivity index (χ4v) is 2.24. The van der Waals surface area contributed by atoms with Gasteiger partial charge in [0.15, 0.2) is 5.82 Å². The van der Waals surface area contributed by atoms with Crippen molar-refractivity contribution in [2.24, 2.45) is 0 Å². The summed E-state index contributed by atoms with van der Waals surface area (Å²) in [5.41, 5.74) is 9.54. The van der Waals surface area contributed by atoms with Gasteiger partial charge in [-0.3, -0.25) is 4.98 Å². The summed E-state index contributed by atoms with van der Waals surface area (Å²) in [6.45, 7) is 1.35. The Kier molecular flexibility index (Phi) is 2.21. The van der Waals surface area contributed by atoms with Crippen LogP contribution in [-0.2, 0) is 13.1 Å². The minimum absolute atomic E-state index is 0.293. The van der Waals surface area contributed by atoms with Gasteiger partial charge in [-0.15, -0.1) is 0 Å². The van der Waals surface area contributed by atoms with Crippen LogP contribution in [0.3, 0.4) is 0 Å². The second-order valence-corrected chi connectivity index (χ2v) is 4.17. The third-order valence-electron chi connectivity index (χ3n) is 3.11. The highest BCUT2D eigenvalue weighted by atomic mass is 19.1. The second kappa shape index (κ2) is 3.73. The number of nitrogens with two attached hydrogens (primary N) is 1. The molecule has 2 aromatic rings. The lowest BCUT2D eigenvalue weighted by Gasteiger charge is -2.17. The summed E-state index contributed by atoms with van der Waals surface area (Å²) in [5, 5.41) is 0. The van der Waals surface area contributed by atoms with Crippen molar-refractivity contribution in [3.8, 4) is 0 Å². The van der Waals surface area contributed by atoms with Crippen LogP contribution >= 0.6 is 0 Å². The Morgan fingerprint density at radius 2 is 2.12 bits per heavy atom. The van der Waals surface area contributed by atoms with Gasteiger partial charge < -0.3 is 10.6 Å². The topological polar surface area (TPSA) is 42.1 Å². The maximum absolute atomic E-state index is 13.6. The van der Waals surface area contributed by atoms with Gasteiger partial charge in [0.2, 0.25) is 0 Å². The van der Waals surface area contributed by atoms with E-state index in [1.807, 2.05) is 23.1 Å². The number of nitrogens with zero attached hydrogens (tertiary/aromatic N) is 2. The number of benzene rings is 1. The molecule has 0 amide bonds. The van der Waals surface area contributed by atoms with E-state index in [1.165, 1.54) is 11.8 Å². The van der Waals surface area contributed by atoms with Crippen molar-refractivity contribution >= 4 is 11.4 Å². The van der Waals surface area contributed by atoms with Crippen molar-refractivity contribution in [2.45, 2.75) is 13.1 Å². The molecule has 1 aromatic heterocycles. The van der Waals surface area contributed by atoms with Gasteiger partial charge in [0.25, 0.3) is 0 Å². The number of halogens is 1. The van der Waals surface area contributed by atoms with Gasteiger partial charge in [-0.05, 0) is 23.3 Å². The number of hydrogen-bond donors (Lipinski definition) is 1. The van der Waals surface area contributed by atoms with Crippen molar-refractivity contribution in [3.05, 3.63) is 53.6 Å². The summed E-state index contributed by atoms with van der Waals surface area (Å²) in [7, 11) is 0. The smallest absolute Gasteiger partial charge is 0.164 e. The van der Waals surface area contributed by atoms with E-state index in [9.17, 15) is 4.39 Å². The molecule has 2 heterocycles. The molecule has 4 heteroatoms. The van der Waals surface area contributed by atoms with Crippen LogP contribution in [0.2, 0.25) is 0 Å². The number of rotatable bonds is 1. The van der Waals surface area contributed by atoms with Crippen molar-refractivity contribution in [1.82, 2.24) is 4.98 Å². The average Bonchev–Trinajstić information content (AvgIpc) is 2.75. The van der Waals surface area contributed by atoms with Crippen molar-refractivity contribution in [2.75, 3.05) is 10.6 Å². The molecule has 0 saturated heterocycles. The quantitative estimate of drug-likeness (QED) is 0.763. The van der Waals surface area contributed by atoms with E-state index in [1.54, 1.807) is 12.3 Å². The zero-order chi connectivity index (χ0) is 11.8. The molecule has 0 bridgehead atoms. The van der Waals surface area contributed by atoms with Crippen molar-refractivity contribution < 1.29 is 4.39 Å². The second-order valence-electron chi connectivity index (χ2n) is 4.17. The molecule has 86 valence electrons. The molecule has 0 aliphatic carbocycles. The number of anilines is 2. The fourth-order valence-electron chi connectivity index (χ4n) is 2.24. The molecule has 1 aliphatic rings. The van der Waals surface area contributed by atoms with E-state index in [-0.39, 0.29) is 5.82 Å². The number of nitrogen functional groups attached to an aromatic ring is 1. The van der Waals surface area contributed by atoms with Crippen LogP contribution in [0.25, 0.3) is 0 Å². The summed E-state index contributed by atoms with van der Waals surface area (Å²) < 4.78 is 13.6. The molecule has 0 atom stereocenters. The summed E-state index contributed by atoms with van der Waals surface area (Å²) in [4.78, 5) is 5.73. The van der Waals surface area contributed by atoms with E-state index in [0.29, 0.717) is 18.8 Å². The molecule has 3 nitrogen and oxygen atoms in total. The van der Waals surface area contributed by atoms with E-state index >= 15 is 0 Å². The lowest BCUT2D eigenvalue weighted by molar-refractivity contribution is 0.613. The molecular formula is C13H12FN3. The first kappa shape index (κ1) is 10.1. The van der Waals surface area contributed by atoms with E-state index in [4.69, 9.17) is 5.73 Å².